The molecule has 4 rings (SSSR count). The van der Waals surface area contributed by atoms with Gasteiger partial charge in [0.05, 0.1) is 12.2 Å². The van der Waals surface area contributed by atoms with Crippen LogP contribution in [0.2, 0.25) is 0 Å². The number of fused-ring (bicyclic) bond motifs is 5. The maximum absolute atomic E-state index is 11.1. The van der Waals surface area contributed by atoms with Gasteiger partial charge in [-0.3, -0.25) is 0 Å². The van der Waals surface area contributed by atoms with E-state index in [0.29, 0.717) is 17.4 Å². The molecule has 1 aliphatic heterocycles. The molecule has 1 N–H and O–H groups in total. The Bertz CT molecular complexity index is 577. The summed E-state index contributed by atoms with van der Waals surface area (Å²) in [5.41, 5.74) is 0.707. The topological polar surface area (TPSA) is 29.5 Å². The first-order chi connectivity index (χ1) is 10.3. The largest absolute Gasteiger partial charge is 0.383 e. The van der Waals surface area contributed by atoms with E-state index in [1.165, 1.54) is 12.8 Å². The predicted molar refractivity (Wildman–Crippen MR) is 87.4 cm³/mol. The Morgan fingerprint density at radius 2 is 1.86 bits per heavy atom. The molecule has 1 heterocycles. The van der Waals surface area contributed by atoms with Gasteiger partial charge in [0, 0.05) is 0 Å². The Balaban J connectivity index is 1.63. The molecule has 2 aliphatic carbocycles. The molecule has 1 aromatic carbocycles. The summed E-state index contributed by atoms with van der Waals surface area (Å²) >= 11 is 0. The first-order valence-corrected chi connectivity index (χ1v) is 8.72. The minimum absolute atomic E-state index is 0.0825. The average molecular weight is 300 g/mol. The lowest BCUT2D eigenvalue weighted by Gasteiger charge is -2.40. The molecular formula is C20H28O2. The molecule has 2 nitrogen and oxygen atoms in total. The van der Waals surface area contributed by atoms with Crippen molar-refractivity contribution in [1.29, 1.82) is 0 Å². The second-order valence-electron chi connectivity index (χ2n) is 8.74. The van der Waals surface area contributed by atoms with E-state index >= 15 is 0 Å². The lowest BCUT2D eigenvalue weighted by molar-refractivity contribution is -0.131. The predicted octanol–water partition coefficient (Wildman–Crippen LogP) is 4.12. The molecule has 2 heteroatoms. The van der Waals surface area contributed by atoms with Crippen LogP contribution in [0.5, 0.6) is 0 Å². The van der Waals surface area contributed by atoms with Crippen molar-refractivity contribution in [2.45, 2.75) is 64.8 Å². The fourth-order valence-corrected chi connectivity index (χ4v) is 5.85. The van der Waals surface area contributed by atoms with E-state index in [1.54, 1.807) is 0 Å². The summed E-state index contributed by atoms with van der Waals surface area (Å²) in [5, 5.41) is 11.1. The fraction of sp³-hybridized carbons (Fsp3) is 0.700. The third-order valence-electron chi connectivity index (χ3n) is 7.69. The van der Waals surface area contributed by atoms with Crippen LogP contribution in [0.15, 0.2) is 30.3 Å². The van der Waals surface area contributed by atoms with E-state index in [0.717, 1.165) is 17.9 Å². The number of rotatable bonds is 2. The molecule has 2 saturated carbocycles. The van der Waals surface area contributed by atoms with E-state index < -0.39 is 5.60 Å². The summed E-state index contributed by atoms with van der Waals surface area (Å²) in [6.07, 6.45) is 3.83. The monoisotopic (exact) mass is 300 g/mol. The van der Waals surface area contributed by atoms with Gasteiger partial charge in [-0.15, -0.1) is 0 Å². The maximum atomic E-state index is 11.1. The highest BCUT2D eigenvalue weighted by Gasteiger charge is 2.69. The minimum Gasteiger partial charge on any atom is -0.383 e. The van der Waals surface area contributed by atoms with E-state index in [2.05, 4.69) is 20.8 Å². The Labute approximate surface area is 133 Å². The normalized spacial score (nSPS) is 44.8. The molecule has 6 atom stereocenters. The van der Waals surface area contributed by atoms with Gasteiger partial charge in [0.1, 0.15) is 5.60 Å². The van der Waals surface area contributed by atoms with Crippen LogP contribution in [0.1, 0.15) is 52.5 Å². The molecule has 1 saturated heterocycles. The van der Waals surface area contributed by atoms with Gasteiger partial charge in [0.2, 0.25) is 0 Å². The Hall–Kier alpha value is -0.860. The second-order valence-corrected chi connectivity index (χ2v) is 8.74. The third-order valence-corrected chi connectivity index (χ3v) is 7.69. The zero-order valence-corrected chi connectivity index (χ0v) is 14.2. The van der Waals surface area contributed by atoms with Crippen molar-refractivity contribution in [1.82, 2.24) is 0 Å². The number of hydrogen-bond acceptors (Lipinski definition) is 2. The van der Waals surface area contributed by atoms with Crippen molar-refractivity contribution in [3.8, 4) is 0 Å². The van der Waals surface area contributed by atoms with Crippen molar-refractivity contribution in [3.63, 3.8) is 0 Å². The van der Waals surface area contributed by atoms with Crippen LogP contribution in [0, 0.1) is 22.7 Å². The summed E-state index contributed by atoms with van der Waals surface area (Å²) < 4.78 is 6.53. The van der Waals surface area contributed by atoms with E-state index in [1.807, 2.05) is 37.3 Å². The van der Waals surface area contributed by atoms with E-state index in [9.17, 15) is 5.11 Å². The van der Waals surface area contributed by atoms with Gasteiger partial charge in [-0.05, 0) is 54.4 Å². The average Bonchev–Trinajstić information content (AvgIpc) is 3.07. The molecule has 0 aromatic heterocycles. The van der Waals surface area contributed by atoms with Gasteiger partial charge in [-0.1, -0.05) is 51.1 Å². The first-order valence-electron chi connectivity index (χ1n) is 8.72. The van der Waals surface area contributed by atoms with Crippen molar-refractivity contribution >= 4 is 0 Å². The smallest absolute Gasteiger partial charge is 0.113 e. The Kier molecular flexibility index (Phi) is 2.92. The molecule has 0 amide bonds. The summed E-state index contributed by atoms with van der Waals surface area (Å²) in [6.45, 7) is 9.19. The van der Waals surface area contributed by atoms with E-state index in [-0.39, 0.29) is 11.5 Å². The second kappa shape index (κ2) is 4.36. The highest BCUT2D eigenvalue weighted by atomic mass is 16.5. The zero-order chi connectivity index (χ0) is 15.8. The molecule has 0 radical (unpaired) electrons. The van der Waals surface area contributed by atoms with Gasteiger partial charge >= 0.3 is 0 Å². The summed E-state index contributed by atoms with van der Waals surface area (Å²) in [5.74, 6) is 1.37. The van der Waals surface area contributed by atoms with Gasteiger partial charge < -0.3 is 9.84 Å². The van der Waals surface area contributed by atoms with Crippen LogP contribution in [0.4, 0.5) is 0 Å². The minimum atomic E-state index is -0.897. The van der Waals surface area contributed by atoms with Crippen LogP contribution in [-0.4, -0.2) is 17.3 Å². The molecule has 3 aliphatic rings. The SMILES string of the molecule is CC1(C)[C@@H]2CC[C@@]1(C)[C@@H]1O[C@@H]([C@@](C)(O)c3ccccc3)C[C@H]21. The van der Waals surface area contributed by atoms with Crippen LogP contribution < -0.4 is 0 Å². The third kappa shape index (κ3) is 1.63. The molecular weight excluding hydrogens is 272 g/mol. The lowest BCUT2D eigenvalue weighted by Crippen LogP contribution is -2.41. The molecule has 2 bridgehead atoms. The molecule has 120 valence electrons. The number of benzene rings is 1. The number of ether oxygens (including phenoxy) is 1. The quantitative estimate of drug-likeness (QED) is 0.890. The van der Waals surface area contributed by atoms with Crippen molar-refractivity contribution < 1.29 is 9.84 Å². The molecule has 0 unspecified atom stereocenters. The molecule has 22 heavy (non-hydrogen) atoms. The molecule has 0 spiro atoms. The van der Waals surface area contributed by atoms with Gasteiger partial charge in [0.25, 0.3) is 0 Å². The van der Waals surface area contributed by atoms with Crippen LogP contribution in [0.25, 0.3) is 0 Å². The number of hydrogen-bond donors (Lipinski definition) is 1. The zero-order valence-electron chi connectivity index (χ0n) is 14.2. The molecule has 3 fully saturated rings. The van der Waals surface area contributed by atoms with Crippen molar-refractivity contribution in [3.05, 3.63) is 35.9 Å². The fourth-order valence-electron chi connectivity index (χ4n) is 5.85. The van der Waals surface area contributed by atoms with Gasteiger partial charge in [-0.25, -0.2) is 0 Å². The Morgan fingerprint density at radius 3 is 2.50 bits per heavy atom. The maximum Gasteiger partial charge on any atom is 0.113 e. The van der Waals surface area contributed by atoms with Crippen molar-refractivity contribution in [2.75, 3.05) is 0 Å². The Morgan fingerprint density at radius 1 is 1.18 bits per heavy atom. The summed E-state index contributed by atoms with van der Waals surface area (Å²) in [6, 6.07) is 10.0. The summed E-state index contributed by atoms with van der Waals surface area (Å²) in [4.78, 5) is 0. The van der Waals surface area contributed by atoms with Crippen LogP contribution >= 0.6 is 0 Å². The highest BCUT2D eigenvalue weighted by molar-refractivity contribution is 5.25. The number of aliphatic hydroxyl groups is 1. The lowest BCUT2D eigenvalue weighted by atomic mass is 9.70. The van der Waals surface area contributed by atoms with Crippen LogP contribution in [-0.2, 0) is 10.3 Å². The van der Waals surface area contributed by atoms with Gasteiger partial charge in [-0.2, -0.15) is 0 Å². The standard InChI is InChI=1S/C20H28O2/c1-18(2)15-10-11-19(18,3)17-14(15)12-16(22-17)20(4,21)13-8-6-5-7-9-13/h5-9,14-17,21H,10-12H2,1-4H3/t14-,15-,16-,17-,19+,20+/m1/s1. The van der Waals surface area contributed by atoms with E-state index in [4.69, 9.17) is 4.74 Å². The van der Waals surface area contributed by atoms with Crippen LogP contribution in [0.3, 0.4) is 0 Å². The first kappa shape index (κ1) is 14.7. The van der Waals surface area contributed by atoms with Crippen molar-refractivity contribution in [2.24, 2.45) is 22.7 Å². The molecule has 1 aromatic rings. The van der Waals surface area contributed by atoms with Gasteiger partial charge in [0.15, 0.2) is 0 Å². The summed E-state index contributed by atoms with van der Waals surface area (Å²) in [7, 11) is 0. The highest BCUT2D eigenvalue weighted by Crippen LogP contribution is 2.71.